The summed E-state index contributed by atoms with van der Waals surface area (Å²) in [6, 6.07) is 14.6. The van der Waals surface area contributed by atoms with Gasteiger partial charge in [-0.15, -0.1) is 11.3 Å². The predicted octanol–water partition coefficient (Wildman–Crippen LogP) is 3.76. The molecule has 2 aromatic heterocycles. The molecule has 8 heteroatoms. The number of hydrogen-bond donors (Lipinski definition) is 1. The molecule has 142 valence electrons. The van der Waals surface area contributed by atoms with Crippen molar-refractivity contribution >= 4 is 33.5 Å². The molecule has 0 bridgehead atoms. The lowest BCUT2D eigenvalue weighted by Gasteiger charge is -2.07. The van der Waals surface area contributed by atoms with E-state index in [0.717, 1.165) is 17.0 Å². The van der Waals surface area contributed by atoms with Gasteiger partial charge < -0.3 is 14.5 Å². The number of oxazole rings is 1. The molecule has 0 radical (unpaired) electrons. The Hall–Kier alpha value is -3.39. The van der Waals surface area contributed by atoms with Crippen LogP contribution in [0.2, 0.25) is 0 Å². The van der Waals surface area contributed by atoms with Gasteiger partial charge in [0, 0.05) is 10.9 Å². The summed E-state index contributed by atoms with van der Waals surface area (Å²) in [6.07, 6.45) is 0. The van der Waals surface area contributed by atoms with Gasteiger partial charge in [-0.1, -0.05) is 24.3 Å². The molecule has 1 amide bonds. The van der Waals surface area contributed by atoms with E-state index in [-0.39, 0.29) is 12.5 Å². The summed E-state index contributed by atoms with van der Waals surface area (Å²) in [5.41, 5.74) is 2.60. The Balaban J connectivity index is 1.52. The number of carbonyl (C=O) groups excluding carboxylic acids is 1. The maximum atomic E-state index is 12.4. The molecule has 0 spiro atoms. The highest BCUT2D eigenvalue weighted by molar-refractivity contribution is 7.14. The highest BCUT2D eigenvalue weighted by Gasteiger charge is 2.15. The molecule has 0 unspecified atom stereocenters. The molecule has 7 nitrogen and oxygen atoms in total. The molecule has 2 heterocycles. The van der Waals surface area contributed by atoms with E-state index in [1.165, 1.54) is 15.9 Å². The van der Waals surface area contributed by atoms with Gasteiger partial charge in [0.25, 0.3) is 0 Å². The van der Waals surface area contributed by atoms with E-state index in [1.54, 1.807) is 24.3 Å². The summed E-state index contributed by atoms with van der Waals surface area (Å²) in [7, 11) is 0. The second kappa shape index (κ2) is 7.69. The number of anilines is 1. The van der Waals surface area contributed by atoms with E-state index in [1.807, 2.05) is 36.6 Å². The van der Waals surface area contributed by atoms with Gasteiger partial charge in [-0.05, 0) is 31.2 Å². The maximum absolute atomic E-state index is 12.4. The van der Waals surface area contributed by atoms with E-state index in [9.17, 15) is 9.59 Å². The molecule has 4 aromatic rings. The fourth-order valence-electron chi connectivity index (χ4n) is 2.88. The number of aromatic nitrogens is 2. The number of para-hydroxylation sites is 3. The smallest absolute Gasteiger partial charge is 0.420 e. The minimum Gasteiger partial charge on any atom is -0.493 e. The number of thiazole rings is 1. The molecular weight excluding hydrogens is 378 g/mol. The fourth-order valence-corrected chi connectivity index (χ4v) is 3.61. The Morgan fingerprint density at radius 3 is 2.86 bits per heavy atom. The normalized spacial score (nSPS) is 10.9. The van der Waals surface area contributed by atoms with Crippen LogP contribution >= 0.6 is 11.3 Å². The van der Waals surface area contributed by atoms with Gasteiger partial charge in [0.2, 0.25) is 5.91 Å². The monoisotopic (exact) mass is 395 g/mol. The molecule has 2 aromatic carbocycles. The Morgan fingerprint density at radius 1 is 1.21 bits per heavy atom. The molecule has 0 aliphatic heterocycles. The quantitative estimate of drug-likeness (QED) is 0.537. The van der Waals surface area contributed by atoms with Crippen LogP contribution in [0.5, 0.6) is 5.75 Å². The standard InChI is InChI=1S/C20H17N3O4S/c1-2-26-16-9-5-3-7-13(16)14-12-28-19(21-14)22-18(24)11-23-15-8-4-6-10-17(15)27-20(23)25/h3-10,12H,2,11H2,1H3,(H,21,22,24). The van der Waals surface area contributed by atoms with Crippen molar-refractivity contribution in [3.05, 3.63) is 64.5 Å². The Morgan fingerprint density at radius 2 is 2.00 bits per heavy atom. The van der Waals surface area contributed by atoms with Crippen molar-refractivity contribution in [1.29, 1.82) is 0 Å². The van der Waals surface area contributed by atoms with Gasteiger partial charge >= 0.3 is 5.76 Å². The molecule has 1 N–H and O–H groups in total. The summed E-state index contributed by atoms with van der Waals surface area (Å²) in [4.78, 5) is 28.9. The molecule has 0 saturated heterocycles. The van der Waals surface area contributed by atoms with Crippen molar-refractivity contribution in [2.45, 2.75) is 13.5 Å². The van der Waals surface area contributed by atoms with E-state index < -0.39 is 5.76 Å². The van der Waals surface area contributed by atoms with Crippen LogP contribution in [0.15, 0.2) is 63.1 Å². The van der Waals surface area contributed by atoms with Gasteiger partial charge in [-0.25, -0.2) is 9.78 Å². The summed E-state index contributed by atoms with van der Waals surface area (Å²) in [6.45, 7) is 2.32. The average molecular weight is 395 g/mol. The zero-order valence-electron chi connectivity index (χ0n) is 15.0. The van der Waals surface area contributed by atoms with E-state index in [4.69, 9.17) is 9.15 Å². The van der Waals surface area contributed by atoms with Crippen LogP contribution in [-0.2, 0) is 11.3 Å². The first-order valence-electron chi connectivity index (χ1n) is 8.71. The summed E-state index contributed by atoms with van der Waals surface area (Å²) < 4.78 is 12.1. The number of hydrogen-bond acceptors (Lipinski definition) is 6. The van der Waals surface area contributed by atoms with Crippen LogP contribution < -0.4 is 15.8 Å². The third-order valence-electron chi connectivity index (χ3n) is 4.09. The van der Waals surface area contributed by atoms with Crippen LogP contribution in [0.1, 0.15) is 6.92 Å². The van der Waals surface area contributed by atoms with Crippen molar-refractivity contribution < 1.29 is 13.9 Å². The third-order valence-corrected chi connectivity index (χ3v) is 4.85. The molecule has 0 aliphatic carbocycles. The van der Waals surface area contributed by atoms with Crippen molar-refractivity contribution in [1.82, 2.24) is 9.55 Å². The average Bonchev–Trinajstić information content (AvgIpc) is 3.27. The lowest BCUT2D eigenvalue weighted by atomic mass is 10.1. The van der Waals surface area contributed by atoms with Gasteiger partial charge in [-0.2, -0.15) is 0 Å². The first-order chi connectivity index (χ1) is 13.7. The first kappa shape index (κ1) is 18.0. The summed E-state index contributed by atoms with van der Waals surface area (Å²) in [5.74, 6) is -0.181. The van der Waals surface area contributed by atoms with Gasteiger partial charge in [-0.3, -0.25) is 9.36 Å². The van der Waals surface area contributed by atoms with E-state index in [0.29, 0.717) is 22.8 Å². The maximum Gasteiger partial charge on any atom is 0.420 e. The first-order valence-corrected chi connectivity index (χ1v) is 9.59. The minimum atomic E-state index is -0.568. The molecule has 0 atom stereocenters. The molecule has 0 aliphatic rings. The van der Waals surface area contributed by atoms with Crippen LogP contribution in [0.4, 0.5) is 5.13 Å². The minimum absolute atomic E-state index is 0.152. The number of nitrogens with one attached hydrogen (secondary N) is 1. The highest BCUT2D eigenvalue weighted by Crippen LogP contribution is 2.32. The van der Waals surface area contributed by atoms with Crippen LogP contribution in [-0.4, -0.2) is 22.1 Å². The largest absolute Gasteiger partial charge is 0.493 e. The second-order valence-electron chi connectivity index (χ2n) is 5.94. The fraction of sp³-hybridized carbons (Fsp3) is 0.150. The lowest BCUT2D eigenvalue weighted by molar-refractivity contribution is -0.116. The third kappa shape index (κ3) is 3.54. The van der Waals surface area contributed by atoms with Crippen molar-refractivity contribution in [2.75, 3.05) is 11.9 Å². The number of nitrogens with zero attached hydrogens (tertiary/aromatic N) is 2. The summed E-state index contributed by atoms with van der Waals surface area (Å²) in [5, 5.41) is 5.05. The number of fused-ring (bicyclic) bond motifs is 1. The number of ether oxygens (including phenoxy) is 1. The predicted molar refractivity (Wildman–Crippen MR) is 108 cm³/mol. The second-order valence-corrected chi connectivity index (χ2v) is 6.80. The Labute approximate surface area is 164 Å². The topological polar surface area (TPSA) is 86.4 Å². The Kier molecular flexibility index (Phi) is 4.94. The van der Waals surface area contributed by atoms with Crippen LogP contribution in [0.3, 0.4) is 0 Å². The van der Waals surface area contributed by atoms with Crippen molar-refractivity contribution in [3.63, 3.8) is 0 Å². The van der Waals surface area contributed by atoms with E-state index >= 15 is 0 Å². The van der Waals surface area contributed by atoms with Crippen LogP contribution in [0.25, 0.3) is 22.4 Å². The number of amides is 1. The number of carbonyl (C=O) groups is 1. The van der Waals surface area contributed by atoms with Gasteiger partial charge in [0.1, 0.15) is 12.3 Å². The van der Waals surface area contributed by atoms with Gasteiger partial charge in [0.15, 0.2) is 10.7 Å². The molecule has 0 fully saturated rings. The van der Waals surface area contributed by atoms with E-state index in [2.05, 4.69) is 10.3 Å². The van der Waals surface area contributed by atoms with Crippen molar-refractivity contribution in [3.8, 4) is 17.0 Å². The zero-order valence-corrected chi connectivity index (χ0v) is 15.9. The molecular formula is C20H17N3O4S. The van der Waals surface area contributed by atoms with Crippen molar-refractivity contribution in [2.24, 2.45) is 0 Å². The molecule has 4 rings (SSSR count). The number of rotatable bonds is 6. The van der Waals surface area contributed by atoms with Gasteiger partial charge in [0.05, 0.1) is 17.8 Å². The molecule has 28 heavy (non-hydrogen) atoms. The highest BCUT2D eigenvalue weighted by atomic mass is 32.1. The summed E-state index contributed by atoms with van der Waals surface area (Å²) >= 11 is 1.31. The zero-order chi connectivity index (χ0) is 19.5. The lowest BCUT2D eigenvalue weighted by Crippen LogP contribution is -2.24. The Bertz CT molecular complexity index is 1190. The SMILES string of the molecule is CCOc1ccccc1-c1csc(NC(=O)Cn2c(=O)oc3ccccc32)n1. The van der Waals surface area contributed by atoms with Crippen LogP contribution in [0, 0.1) is 0 Å². The molecule has 0 saturated carbocycles. The number of benzene rings is 2.